The number of hydrogen-bond acceptors (Lipinski definition) is 2. The molecular formula is C13H9FN2. The second kappa shape index (κ2) is 4.54. The lowest BCUT2D eigenvalue weighted by Gasteiger charge is -2.02. The van der Waals surface area contributed by atoms with E-state index >= 15 is 0 Å². The fraction of sp³-hybridized carbons (Fsp3) is 0.0769. The maximum absolute atomic E-state index is 12.7. The Morgan fingerprint density at radius 1 is 1.19 bits per heavy atom. The fourth-order valence-corrected chi connectivity index (χ4v) is 1.48. The molecule has 0 saturated heterocycles. The molecule has 2 aromatic rings. The third-order valence-electron chi connectivity index (χ3n) is 2.30. The summed E-state index contributed by atoms with van der Waals surface area (Å²) in [6.07, 6.45) is 2.20. The lowest BCUT2D eigenvalue weighted by molar-refractivity contribution is 0.627. The summed E-state index contributed by atoms with van der Waals surface area (Å²) in [5.41, 5.74) is 2.22. The Hall–Kier alpha value is -2.21. The summed E-state index contributed by atoms with van der Waals surface area (Å²) in [6.45, 7) is 0. The number of nitrogens with zero attached hydrogens (tertiary/aromatic N) is 2. The minimum absolute atomic E-state index is 0.259. The summed E-state index contributed by atoms with van der Waals surface area (Å²) in [7, 11) is 0. The van der Waals surface area contributed by atoms with Crippen LogP contribution in [0.5, 0.6) is 0 Å². The van der Waals surface area contributed by atoms with Crippen molar-refractivity contribution in [2.24, 2.45) is 0 Å². The van der Waals surface area contributed by atoms with Crippen molar-refractivity contribution in [3.8, 4) is 6.07 Å². The monoisotopic (exact) mass is 212 g/mol. The van der Waals surface area contributed by atoms with E-state index in [0.717, 1.165) is 11.3 Å². The van der Waals surface area contributed by atoms with E-state index in [1.165, 1.54) is 12.1 Å². The van der Waals surface area contributed by atoms with Crippen LogP contribution in [-0.2, 0) is 6.42 Å². The average Bonchev–Trinajstić information content (AvgIpc) is 2.33. The van der Waals surface area contributed by atoms with Crippen LogP contribution < -0.4 is 0 Å². The Morgan fingerprint density at radius 2 is 1.94 bits per heavy atom. The van der Waals surface area contributed by atoms with Gasteiger partial charge in [0.25, 0.3) is 0 Å². The van der Waals surface area contributed by atoms with Crippen molar-refractivity contribution < 1.29 is 4.39 Å². The van der Waals surface area contributed by atoms with Crippen LogP contribution in [0.1, 0.15) is 16.8 Å². The van der Waals surface area contributed by atoms with E-state index in [9.17, 15) is 4.39 Å². The molecule has 0 bridgehead atoms. The number of aromatic nitrogens is 1. The predicted octanol–water partition coefficient (Wildman–Crippen LogP) is 2.68. The van der Waals surface area contributed by atoms with Crippen LogP contribution in [-0.4, -0.2) is 4.98 Å². The van der Waals surface area contributed by atoms with E-state index in [0.29, 0.717) is 12.0 Å². The predicted molar refractivity (Wildman–Crippen MR) is 58.2 cm³/mol. The maximum Gasteiger partial charge on any atom is 0.123 e. The lowest BCUT2D eigenvalue weighted by Crippen LogP contribution is -1.95. The molecule has 0 unspecified atom stereocenters. The van der Waals surface area contributed by atoms with Gasteiger partial charge in [0, 0.05) is 12.6 Å². The molecule has 2 nitrogen and oxygen atoms in total. The maximum atomic E-state index is 12.7. The molecule has 3 heteroatoms. The Labute approximate surface area is 93.0 Å². The Kier molecular flexibility index (Phi) is 2.93. The number of nitriles is 1. The average molecular weight is 212 g/mol. The molecule has 0 saturated carbocycles. The standard InChI is InChI=1S/C13H9FN2/c14-12-5-3-10(4-6-12)8-13-11(9-15)2-1-7-16-13/h1-7H,8H2. The molecule has 0 amide bonds. The van der Waals surface area contributed by atoms with E-state index in [1.807, 2.05) is 0 Å². The van der Waals surface area contributed by atoms with Crippen molar-refractivity contribution in [1.82, 2.24) is 4.98 Å². The van der Waals surface area contributed by atoms with E-state index in [1.54, 1.807) is 30.5 Å². The van der Waals surface area contributed by atoms with Crippen LogP contribution >= 0.6 is 0 Å². The van der Waals surface area contributed by atoms with Gasteiger partial charge in [0.15, 0.2) is 0 Å². The first kappa shape index (κ1) is 10.3. The molecule has 1 aromatic heterocycles. The summed E-state index contributed by atoms with van der Waals surface area (Å²) in [6, 6.07) is 11.8. The molecule has 16 heavy (non-hydrogen) atoms. The Balaban J connectivity index is 2.27. The van der Waals surface area contributed by atoms with E-state index in [4.69, 9.17) is 5.26 Å². The molecule has 0 aliphatic carbocycles. The van der Waals surface area contributed by atoms with E-state index in [2.05, 4.69) is 11.1 Å². The highest BCUT2D eigenvalue weighted by Crippen LogP contribution is 2.11. The largest absolute Gasteiger partial charge is 0.260 e. The third kappa shape index (κ3) is 2.23. The molecule has 1 aromatic carbocycles. The van der Waals surface area contributed by atoms with Crippen LogP contribution in [0.2, 0.25) is 0 Å². The minimum atomic E-state index is -0.259. The quantitative estimate of drug-likeness (QED) is 0.767. The summed E-state index contributed by atoms with van der Waals surface area (Å²) in [4.78, 5) is 4.15. The molecule has 2 rings (SSSR count). The van der Waals surface area contributed by atoms with E-state index < -0.39 is 0 Å². The van der Waals surface area contributed by atoms with Crippen molar-refractivity contribution in [2.45, 2.75) is 6.42 Å². The number of rotatable bonds is 2. The van der Waals surface area contributed by atoms with Gasteiger partial charge in [0.2, 0.25) is 0 Å². The zero-order chi connectivity index (χ0) is 11.4. The van der Waals surface area contributed by atoms with Crippen LogP contribution in [0.3, 0.4) is 0 Å². The van der Waals surface area contributed by atoms with Gasteiger partial charge in [-0.3, -0.25) is 4.98 Å². The van der Waals surface area contributed by atoms with Gasteiger partial charge in [-0.2, -0.15) is 5.26 Å². The van der Waals surface area contributed by atoms with Gasteiger partial charge in [0.05, 0.1) is 11.3 Å². The fourth-order valence-electron chi connectivity index (χ4n) is 1.48. The van der Waals surface area contributed by atoms with Gasteiger partial charge in [-0.1, -0.05) is 12.1 Å². The highest BCUT2D eigenvalue weighted by atomic mass is 19.1. The molecule has 0 aliphatic heterocycles. The number of halogens is 1. The topological polar surface area (TPSA) is 36.7 Å². The minimum Gasteiger partial charge on any atom is -0.260 e. The van der Waals surface area contributed by atoms with Crippen LogP contribution in [0.25, 0.3) is 0 Å². The molecule has 78 valence electrons. The lowest BCUT2D eigenvalue weighted by atomic mass is 10.1. The van der Waals surface area contributed by atoms with Crippen molar-refractivity contribution in [3.63, 3.8) is 0 Å². The van der Waals surface area contributed by atoms with Gasteiger partial charge >= 0.3 is 0 Å². The van der Waals surface area contributed by atoms with Crippen LogP contribution in [0.15, 0.2) is 42.6 Å². The molecule has 0 aliphatic rings. The number of hydrogen-bond donors (Lipinski definition) is 0. The van der Waals surface area contributed by atoms with Crippen LogP contribution in [0.4, 0.5) is 4.39 Å². The smallest absolute Gasteiger partial charge is 0.123 e. The normalized spacial score (nSPS) is 9.75. The zero-order valence-corrected chi connectivity index (χ0v) is 8.52. The second-order valence-corrected chi connectivity index (χ2v) is 3.41. The SMILES string of the molecule is N#Cc1cccnc1Cc1ccc(F)cc1. The summed E-state index contributed by atoms with van der Waals surface area (Å²) >= 11 is 0. The van der Waals surface area contributed by atoms with Gasteiger partial charge < -0.3 is 0 Å². The second-order valence-electron chi connectivity index (χ2n) is 3.41. The molecular weight excluding hydrogens is 203 g/mol. The first-order chi connectivity index (χ1) is 7.79. The third-order valence-corrected chi connectivity index (χ3v) is 2.30. The number of benzene rings is 1. The highest BCUT2D eigenvalue weighted by molar-refractivity contribution is 5.35. The van der Waals surface area contributed by atoms with Crippen molar-refractivity contribution in [2.75, 3.05) is 0 Å². The highest BCUT2D eigenvalue weighted by Gasteiger charge is 2.03. The van der Waals surface area contributed by atoms with Gasteiger partial charge in [-0.05, 0) is 29.8 Å². The Morgan fingerprint density at radius 3 is 2.62 bits per heavy atom. The molecule has 1 heterocycles. The van der Waals surface area contributed by atoms with Crippen molar-refractivity contribution in [3.05, 3.63) is 65.2 Å². The molecule has 0 N–H and O–H groups in total. The Bertz CT molecular complexity index is 526. The van der Waals surface area contributed by atoms with Gasteiger partial charge in [0.1, 0.15) is 11.9 Å². The summed E-state index contributed by atoms with van der Waals surface area (Å²) in [5, 5.41) is 8.89. The first-order valence-corrected chi connectivity index (χ1v) is 4.88. The van der Waals surface area contributed by atoms with Crippen molar-refractivity contribution >= 4 is 0 Å². The summed E-state index contributed by atoms with van der Waals surface area (Å²) in [5.74, 6) is -0.259. The van der Waals surface area contributed by atoms with Crippen LogP contribution in [0, 0.1) is 17.1 Å². The van der Waals surface area contributed by atoms with Gasteiger partial charge in [-0.25, -0.2) is 4.39 Å². The molecule has 0 atom stereocenters. The van der Waals surface area contributed by atoms with E-state index in [-0.39, 0.29) is 5.82 Å². The zero-order valence-electron chi connectivity index (χ0n) is 8.52. The van der Waals surface area contributed by atoms with Crippen molar-refractivity contribution in [1.29, 1.82) is 5.26 Å². The first-order valence-electron chi connectivity index (χ1n) is 4.88. The number of pyridine rings is 1. The molecule has 0 spiro atoms. The van der Waals surface area contributed by atoms with Gasteiger partial charge in [-0.15, -0.1) is 0 Å². The molecule has 0 fully saturated rings. The molecule has 0 radical (unpaired) electrons. The summed E-state index contributed by atoms with van der Waals surface area (Å²) < 4.78 is 12.7.